The van der Waals surface area contributed by atoms with Crippen LogP contribution in [0.3, 0.4) is 0 Å². The Morgan fingerprint density at radius 1 is 1.04 bits per heavy atom. The number of carbonyl (C=O) groups excluding carboxylic acids is 3. The molecule has 2 rings (SSSR count). The molecule has 2 aromatic rings. The van der Waals surface area contributed by atoms with Crippen molar-refractivity contribution < 1.29 is 19.1 Å². The SMILES string of the molecule is CC[C@@H](C(=O)O[C@H](C)C(=O)Nc1cccc(C(C)=O)c1)c1ccccc1. The summed E-state index contributed by atoms with van der Waals surface area (Å²) < 4.78 is 5.35. The number of anilines is 1. The van der Waals surface area contributed by atoms with E-state index in [2.05, 4.69) is 5.32 Å². The molecule has 0 aliphatic heterocycles. The lowest BCUT2D eigenvalue weighted by Crippen LogP contribution is -2.31. The standard InChI is InChI=1S/C21H23NO4/c1-4-19(16-9-6-5-7-10-16)21(25)26-15(3)20(24)22-18-12-8-11-17(13-18)14(2)23/h5-13,15,19H,4H2,1-3H3,(H,22,24)/t15-,19-/m1/s1. The number of carbonyl (C=O) groups is 3. The molecular formula is C21H23NO4. The first kappa shape index (κ1) is 19.4. The summed E-state index contributed by atoms with van der Waals surface area (Å²) in [6.45, 7) is 4.89. The molecule has 136 valence electrons. The zero-order valence-electron chi connectivity index (χ0n) is 15.2. The monoisotopic (exact) mass is 353 g/mol. The number of hydrogen-bond acceptors (Lipinski definition) is 4. The molecule has 0 spiro atoms. The summed E-state index contributed by atoms with van der Waals surface area (Å²) in [5.74, 6) is -1.37. The molecule has 1 N–H and O–H groups in total. The largest absolute Gasteiger partial charge is 0.452 e. The van der Waals surface area contributed by atoms with Gasteiger partial charge in [-0.1, -0.05) is 49.4 Å². The fraction of sp³-hybridized carbons (Fsp3) is 0.286. The van der Waals surface area contributed by atoms with Crippen LogP contribution in [0.25, 0.3) is 0 Å². The van der Waals surface area contributed by atoms with Crippen LogP contribution in [0.1, 0.15) is 49.0 Å². The van der Waals surface area contributed by atoms with Crippen molar-refractivity contribution in [1.82, 2.24) is 0 Å². The van der Waals surface area contributed by atoms with Gasteiger partial charge in [0.25, 0.3) is 5.91 Å². The number of benzene rings is 2. The van der Waals surface area contributed by atoms with E-state index in [0.717, 1.165) is 5.56 Å². The van der Waals surface area contributed by atoms with Crippen LogP contribution >= 0.6 is 0 Å². The van der Waals surface area contributed by atoms with Crippen molar-refractivity contribution in [3.63, 3.8) is 0 Å². The average molecular weight is 353 g/mol. The van der Waals surface area contributed by atoms with Crippen LogP contribution in [0.2, 0.25) is 0 Å². The number of nitrogens with one attached hydrogen (secondary N) is 1. The molecule has 2 aromatic carbocycles. The summed E-state index contributed by atoms with van der Waals surface area (Å²) in [6.07, 6.45) is -0.362. The third-order valence-electron chi connectivity index (χ3n) is 4.09. The number of Topliss-reactive ketones (excluding diaryl/α,β-unsaturated/α-hetero) is 1. The first-order chi connectivity index (χ1) is 12.4. The Morgan fingerprint density at radius 3 is 2.35 bits per heavy atom. The number of esters is 1. The minimum atomic E-state index is -0.943. The highest BCUT2D eigenvalue weighted by atomic mass is 16.5. The van der Waals surface area contributed by atoms with E-state index in [9.17, 15) is 14.4 Å². The highest BCUT2D eigenvalue weighted by molar-refractivity contribution is 5.98. The molecule has 0 unspecified atom stereocenters. The predicted molar refractivity (Wildman–Crippen MR) is 100 cm³/mol. The molecule has 0 saturated heterocycles. The number of ketones is 1. The number of ether oxygens (including phenoxy) is 1. The van der Waals surface area contributed by atoms with Crippen LogP contribution in [0.15, 0.2) is 54.6 Å². The fourth-order valence-corrected chi connectivity index (χ4v) is 2.59. The Labute approximate surface area is 153 Å². The quantitative estimate of drug-likeness (QED) is 0.604. The van der Waals surface area contributed by atoms with Crippen molar-refractivity contribution >= 4 is 23.3 Å². The van der Waals surface area contributed by atoms with E-state index in [1.165, 1.54) is 13.8 Å². The van der Waals surface area contributed by atoms with E-state index in [0.29, 0.717) is 17.7 Å². The second kappa shape index (κ2) is 8.94. The third-order valence-corrected chi connectivity index (χ3v) is 4.09. The molecular weight excluding hydrogens is 330 g/mol. The van der Waals surface area contributed by atoms with Gasteiger partial charge in [-0.15, -0.1) is 0 Å². The van der Waals surface area contributed by atoms with Crippen LogP contribution in [0.5, 0.6) is 0 Å². The smallest absolute Gasteiger partial charge is 0.314 e. The maximum absolute atomic E-state index is 12.4. The lowest BCUT2D eigenvalue weighted by molar-refractivity contribution is -0.154. The van der Waals surface area contributed by atoms with Gasteiger partial charge in [-0.05, 0) is 38.0 Å². The summed E-state index contributed by atoms with van der Waals surface area (Å²) >= 11 is 0. The van der Waals surface area contributed by atoms with Gasteiger partial charge < -0.3 is 10.1 Å². The highest BCUT2D eigenvalue weighted by Gasteiger charge is 2.25. The van der Waals surface area contributed by atoms with Crippen molar-refractivity contribution in [2.45, 2.75) is 39.2 Å². The minimum Gasteiger partial charge on any atom is -0.452 e. The van der Waals surface area contributed by atoms with Crippen molar-refractivity contribution in [2.75, 3.05) is 5.32 Å². The maximum atomic E-state index is 12.4. The molecule has 0 bridgehead atoms. The van der Waals surface area contributed by atoms with Crippen LogP contribution in [0.4, 0.5) is 5.69 Å². The van der Waals surface area contributed by atoms with E-state index in [4.69, 9.17) is 4.74 Å². The normalized spacial score (nSPS) is 12.7. The molecule has 0 aliphatic carbocycles. The van der Waals surface area contributed by atoms with Crippen LogP contribution in [0, 0.1) is 0 Å². The topological polar surface area (TPSA) is 72.5 Å². The van der Waals surface area contributed by atoms with Gasteiger partial charge in [-0.3, -0.25) is 14.4 Å². The molecule has 26 heavy (non-hydrogen) atoms. The van der Waals surface area contributed by atoms with Gasteiger partial charge in [0.05, 0.1) is 5.92 Å². The van der Waals surface area contributed by atoms with Gasteiger partial charge in [-0.25, -0.2) is 0 Å². The van der Waals surface area contributed by atoms with Gasteiger partial charge in [0.15, 0.2) is 11.9 Å². The first-order valence-corrected chi connectivity index (χ1v) is 8.59. The van der Waals surface area contributed by atoms with E-state index < -0.39 is 23.9 Å². The van der Waals surface area contributed by atoms with Gasteiger partial charge >= 0.3 is 5.97 Å². The van der Waals surface area contributed by atoms with E-state index in [-0.39, 0.29) is 5.78 Å². The summed E-state index contributed by atoms with van der Waals surface area (Å²) in [4.78, 5) is 36.2. The zero-order valence-corrected chi connectivity index (χ0v) is 15.2. The van der Waals surface area contributed by atoms with Gasteiger partial charge in [0.2, 0.25) is 0 Å². The van der Waals surface area contributed by atoms with Gasteiger partial charge in [-0.2, -0.15) is 0 Å². The molecule has 0 heterocycles. The first-order valence-electron chi connectivity index (χ1n) is 8.59. The Morgan fingerprint density at radius 2 is 1.73 bits per heavy atom. The number of amides is 1. The average Bonchev–Trinajstić information content (AvgIpc) is 2.63. The number of rotatable bonds is 7. The molecule has 0 fully saturated rings. The fourth-order valence-electron chi connectivity index (χ4n) is 2.59. The van der Waals surface area contributed by atoms with Crippen molar-refractivity contribution in [1.29, 1.82) is 0 Å². The summed E-state index contributed by atoms with van der Waals surface area (Å²) in [5, 5.41) is 2.67. The molecule has 5 heteroatoms. The summed E-state index contributed by atoms with van der Waals surface area (Å²) in [6, 6.07) is 16.0. The Kier molecular flexibility index (Phi) is 6.67. The van der Waals surface area contributed by atoms with Gasteiger partial charge in [0.1, 0.15) is 0 Å². The predicted octanol–water partition coefficient (Wildman–Crippen LogP) is 3.95. The number of hydrogen-bond donors (Lipinski definition) is 1. The molecule has 0 radical (unpaired) electrons. The molecule has 0 saturated carbocycles. The minimum absolute atomic E-state index is 0.0887. The molecule has 1 amide bonds. The van der Waals surface area contributed by atoms with Crippen LogP contribution in [-0.4, -0.2) is 23.8 Å². The summed E-state index contributed by atoms with van der Waals surface area (Å²) in [7, 11) is 0. The van der Waals surface area contributed by atoms with Gasteiger partial charge in [0, 0.05) is 11.3 Å². The Bertz CT molecular complexity index is 786. The molecule has 2 atom stereocenters. The third kappa shape index (κ3) is 5.02. The Hall–Kier alpha value is -2.95. The van der Waals surface area contributed by atoms with Crippen molar-refractivity contribution in [3.8, 4) is 0 Å². The second-order valence-electron chi connectivity index (χ2n) is 6.08. The highest BCUT2D eigenvalue weighted by Crippen LogP contribution is 2.21. The zero-order chi connectivity index (χ0) is 19.1. The Balaban J connectivity index is 2.01. The van der Waals surface area contributed by atoms with E-state index in [1.54, 1.807) is 24.3 Å². The lowest BCUT2D eigenvalue weighted by atomic mass is 9.97. The maximum Gasteiger partial charge on any atom is 0.314 e. The lowest BCUT2D eigenvalue weighted by Gasteiger charge is -2.18. The van der Waals surface area contributed by atoms with Crippen LogP contribution in [-0.2, 0) is 14.3 Å². The van der Waals surface area contributed by atoms with Crippen LogP contribution < -0.4 is 5.32 Å². The van der Waals surface area contributed by atoms with Crippen molar-refractivity contribution in [2.24, 2.45) is 0 Å². The van der Waals surface area contributed by atoms with E-state index >= 15 is 0 Å². The molecule has 5 nitrogen and oxygen atoms in total. The molecule has 0 aromatic heterocycles. The molecule has 0 aliphatic rings. The van der Waals surface area contributed by atoms with Crippen molar-refractivity contribution in [3.05, 3.63) is 65.7 Å². The van der Waals surface area contributed by atoms with E-state index in [1.807, 2.05) is 37.3 Å². The summed E-state index contributed by atoms with van der Waals surface area (Å²) in [5.41, 5.74) is 1.85. The second-order valence-corrected chi connectivity index (χ2v) is 6.08.